The molecule has 0 bridgehead atoms. The van der Waals surface area contributed by atoms with Crippen LogP contribution in [0.25, 0.3) is 0 Å². The highest BCUT2D eigenvalue weighted by Gasteiger charge is 2.31. The number of hydrogen-bond donors (Lipinski definition) is 0. The first-order valence-corrected chi connectivity index (χ1v) is 6.26. The second kappa shape index (κ2) is 3.99. The summed E-state index contributed by atoms with van der Waals surface area (Å²) in [4.78, 5) is 4.52. The van der Waals surface area contributed by atoms with Crippen LogP contribution in [-0.4, -0.2) is 4.98 Å². The Labute approximate surface area is 103 Å². The maximum Gasteiger partial charge on any atom is 0.0444 e. The fourth-order valence-electron chi connectivity index (χ4n) is 3.04. The van der Waals surface area contributed by atoms with E-state index in [1.807, 2.05) is 6.20 Å². The Morgan fingerprint density at radius 3 is 2.65 bits per heavy atom. The molecule has 1 heterocycles. The van der Waals surface area contributed by atoms with Crippen LogP contribution in [0.1, 0.15) is 35.2 Å². The zero-order valence-corrected chi connectivity index (χ0v) is 10.4. The van der Waals surface area contributed by atoms with Gasteiger partial charge in [-0.15, -0.1) is 0 Å². The first kappa shape index (κ1) is 10.5. The fraction of sp³-hybridized carbons (Fsp3) is 0.312. The van der Waals surface area contributed by atoms with Crippen LogP contribution in [0.3, 0.4) is 0 Å². The van der Waals surface area contributed by atoms with Crippen LogP contribution in [0.5, 0.6) is 0 Å². The maximum atomic E-state index is 4.52. The molecule has 2 aromatic rings. The van der Waals surface area contributed by atoms with E-state index in [-0.39, 0.29) is 0 Å². The van der Waals surface area contributed by atoms with E-state index in [0.29, 0.717) is 11.8 Å². The number of rotatable bonds is 1. The summed E-state index contributed by atoms with van der Waals surface area (Å²) in [6, 6.07) is 13.0. The van der Waals surface area contributed by atoms with Crippen LogP contribution < -0.4 is 0 Å². The molecule has 86 valence electrons. The van der Waals surface area contributed by atoms with E-state index in [1.165, 1.54) is 22.4 Å². The number of benzene rings is 1. The molecule has 0 saturated heterocycles. The molecule has 3 rings (SSSR count). The lowest BCUT2D eigenvalue weighted by Gasteiger charge is -2.19. The van der Waals surface area contributed by atoms with Gasteiger partial charge in [0, 0.05) is 17.8 Å². The quantitative estimate of drug-likeness (QED) is 0.718. The topological polar surface area (TPSA) is 12.9 Å². The van der Waals surface area contributed by atoms with E-state index in [9.17, 15) is 0 Å². The summed E-state index contributed by atoms with van der Waals surface area (Å²) in [5, 5.41) is 0. The fourth-order valence-corrected chi connectivity index (χ4v) is 3.04. The van der Waals surface area contributed by atoms with Crippen LogP contribution >= 0.6 is 0 Å². The Bertz CT molecular complexity index is 545. The molecule has 0 radical (unpaired) electrons. The second-order valence-electron chi connectivity index (χ2n) is 5.05. The van der Waals surface area contributed by atoms with Gasteiger partial charge in [0.2, 0.25) is 0 Å². The highest BCUT2D eigenvalue weighted by atomic mass is 14.7. The SMILES string of the molecule is Cc1ccccc1C1c2cccnc2CC1C. The third-order valence-electron chi connectivity index (χ3n) is 3.87. The number of aromatic nitrogens is 1. The summed E-state index contributed by atoms with van der Waals surface area (Å²) in [6.07, 6.45) is 3.01. The summed E-state index contributed by atoms with van der Waals surface area (Å²) in [7, 11) is 0. The van der Waals surface area contributed by atoms with Gasteiger partial charge >= 0.3 is 0 Å². The van der Waals surface area contributed by atoms with E-state index >= 15 is 0 Å². The summed E-state index contributed by atoms with van der Waals surface area (Å²) in [5.74, 6) is 1.18. The largest absolute Gasteiger partial charge is 0.261 e. The highest BCUT2D eigenvalue weighted by molar-refractivity contribution is 5.43. The average Bonchev–Trinajstić information content (AvgIpc) is 2.66. The minimum Gasteiger partial charge on any atom is -0.261 e. The van der Waals surface area contributed by atoms with Crippen LogP contribution in [0, 0.1) is 12.8 Å². The van der Waals surface area contributed by atoms with Crippen LogP contribution in [0.2, 0.25) is 0 Å². The molecule has 0 aliphatic heterocycles. The van der Waals surface area contributed by atoms with Gasteiger partial charge in [-0.1, -0.05) is 37.3 Å². The molecule has 0 saturated carbocycles. The van der Waals surface area contributed by atoms with Crippen LogP contribution in [0.4, 0.5) is 0 Å². The molecule has 0 N–H and O–H groups in total. The van der Waals surface area contributed by atoms with Crippen molar-refractivity contribution in [2.45, 2.75) is 26.2 Å². The Morgan fingerprint density at radius 1 is 1.06 bits per heavy atom. The smallest absolute Gasteiger partial charge is 0.0444 e. The molecule has 1 aromatic carbocycles. The van der Waals surface area contributed by atoms with Crippen molar-refractivity contribution in [2.75, 3.05) is 0 Å². The molecule has 2 unspecified atom stereocenters. The maximum absolute atomic E-state index is 4.52. The summed E-state index contributed by atoms with van der Waals surface area (Å²) in [6.45, 7) is 4.54. The van der Waals surface area contributed by atoms with Crippen molar-refractivity contribution in [1.29, 1.82) is 0 Å². The van der Waals surface area contributed by atoms with Crippen LogP contribution in [0.15, 0.2) is 42.6 Å². The molecule has 1 aliphatic carbocycles. The number of pyridine rings is 1. The minimum absolute atomic E-state index is 0.528. The van der Waals surface area contributed by atoms with Crippen molar-refractivity contribution in [3.05, 3.63) is 65.0 Å². The standard InChI is InChI=1S/C16H17N/c1-11-6-3-4-7-13(11)16-12(2)10-15-14(16)8-5-9-17-15/h3-9,12,16H,10H2,1-2H3. The lowest BCUT2D eigenvalue weighted by molar-refractivity contribution is 0.553. The zero-order chi connectivity index (χ0) is 11.8. The van der Waals surface area contributed by atoms with Gasteiger partial charge in [-0.05, 0) is 42.0 Å². The Morgan fingerprint density at radius 2 is 1.82 bits per heavy atom. The zero-order valence-electron chi connectivity index (χ0n) is 10.4. The minimum atomic E-state index is 0.528. The third-order valence-corrected chi connectivity index (χ3v) is 3.87. The van der Waals surface area contributed by atoms with Gasteiger partial charge in [-0.25, -0.2) is 0 Å². The van der Waals surface area contributed by atoms with Gasteiger partial charge in [0.15, 0.2) is 0 Å². The lowest BCUT2D eigenvalue weighted by atomic mass is 9.85. The Hall–Kier alpha value is -1.63. The predicted octanol–water partition coefficient (Wildman–Crippen LogP) is 3.71. The first-order valence-electron chi connectivity index (χ1n) is 6.26. The van der Waals surface area contributed by atoms with Crippen LogP contribution in [-0.2, 0) is 6.42 Å². The molecule has 0 fully saturated rings. The van der Waals surface area contributed by atoms with Crippen molar-refractivity contribution in [2.24, 2.45) is 5.92 Å². The van der Waals surface area contributed by atoms with Gasteiger partial charge < -0.3 is 0 Å². The van der Waals surface area contributed by atoms with Gasteiger partial charge in [0.1, 0.15) is 0 Å². The Kier molecular flexibility index (Phi) is 2.47. The number of aryl methyl sites for hydroxylation is 1. The Balaban J connectivity index is 2.13. The lowest BCUT2D eigenvalue weighted by Crippen LogP contribution is -2.07. The van der Waals surface area contributed by atoms with E-state index in [4.69, 9.17) is 0 Å². The average molecular weight is 223 g/mol. The summed E-state index contributed by atoms with van der Waals surface area (Å²) >= 11 is 0. The molecule has 2 atom stereocenters. The normalized spacial score (nSPS) is 22.5. The molecule has 1 aromatic heterocycles. The number of nitrogens with zero attached hydrogens (tertiary/aromatic N) is 1. The van der Waals surface area contributed by atoms with E-state index in [2.05, 4.69) is 55.2 Å². The predicted molar refractivity (Wildman–Crippen MR) is 70.1 cm³/mol. The molecular weight excluding hydrogens is 206 g/mol. The van der Waals surface area contributed by atoms with Crippen molar-refractivity contribution < 1.29 is 0 Å². The molecule has 1 aliphatic rings. The third kappa shape index (κ3) is 1.66. The van der Waals surface area contributed by atoms with Crippen molar-refractivity contribution in [3.8, 4) is 0 Å². The van der Waals surface area contributed by atoms with Gasteiger partial charge in [-0.3, -0.25) is 4.98 Å². The van der Waals surface area contributed by atoms with Crippen molar-refractivity contribution >= 4 is 0 Å². The second-order valence-corrected chi connectivity index (χ2v) is 5.05. The molecular formula is C16H17N. The van der Waals surface area contributed by atoms with Gasteiger partial charge in [0.25, 0.3) is 0 Å². The molecule has 0 amide bonds. The first-order chi connectivity index (χ1) is 8.27. The monoisotopic (exact) mass is 223 g/mol. The van der Waals surface area contributed by atoms with Crippen molar-refractivity contribution in [1.82, 2.24) is 4.98 Å². The summed E-state index contributed by atoms with van der Waals surface area (Å²) in [5.41, 5.74) is 5.57. The summed E-state index contributed by atoms with van der Waals surface area (Å²) < 4.78 is 0. The highest BCUT2D eigenvalue weighted by Crippen LogP contribution is 2.42. The number of hydrogen-bond acceptors (Lipinski definition) is 1. The molecule has 1 heteroatoms. The molecule has 1 nitrogen and oxygen atoms in total. The van der Waals surface area contributed by atoms with E-state index in [0.717, 1.165) is 6.42 Å². The molecule has 0 spiro atoms. The molecule has 17 heavy (non-hydrogen) atoms. The van der Waals surface area contributed by atoms with E-state index in [1.54, 1.807) is 0 Å². The van der Waals surface area contributed by atoms with E-state index < -0.39 is 0 Å². The van der Waals surface area contributed by atoms with Gasteiger partial charge in [0.05, 0.1) is 0 Å². The number of fused-ring (bicyclic) bond motifs is 1. The van der Waals surface area contributed by atoms with Gasteiger partial charge in [-0.2, -0.15) is 0 Å². The van der Waals surface area contributed by atoms with Crippen molar-refractivity contribution in [3.63, 3.8) is 0 Å².